The van der Waals surface area contributed by atoms with Crippen molar-refractivity contribution in [2.75, 3.05) is 5.32 Å². The second kappa shape index (κ2) is 5.40. The maximum atomic E-state index is 12.2. The van der Waals surface area contributed by atoms with E-state index in [1.165, 1.54) is 0 Å². The van der Waals surface area contributed by atoms with Crippen molar-refractivity contribution in [3.63, 3.8) is 0 Å². The number of pyridine rings is 1. The van der Waals surface area contributed by atoms with E-state index in [4.69, 9.17) is 0 Å². The van der Waals surface area contributed by atoms with Crippen molar-refractivity contribution in [2.45, 2.75) is 20.4 Å². The van der Waals surface area contributed by atoms with Crippen molar-refractivity contribution < 1.29 is 4.79 Å². The Kier molecular flexibility index (Phi) is 3.44. The number of nitrogens with zero attached hydrogens (tertiary/aromatic N) is 2. The van der Waals surface area contributed by atoms with Gasteiger partial charge in [0.1, 0.15) is 12.4 Å². The normalized spacial score (nSPS) is 10.8. The van der Waals surface area contributed by atoms with Crippen LogP contribution in [-0.4, -0.2) is 15.5 Å². The lowest BCUT2D eigenvalue weighted by Gasteiger charge is -2.09. The van der Waals surface area contributed by atoms with Gasteiger partial charge in [-0.1, -0.05) is 24.3 Å². The molecule has 3 aromatic rings. The van der Waals surface area contributed by atoms with Gasteiger partial charge in [0.05, 0.1) is 0 Å². The average Bonchev–Trinajstić information content (AvgIpc) is 2.78. The Balaban J connectivity index is 1.80. The van der Waals surface area contributed by atoms with Crippen LogP contribution in [0.15, 0.2) is 48.7 Å². The largest absolute Gasteiger partial charge is 0.335 e. The molecule has 0 atom stereocenters. The Morgan fingerprint density at radius 1 is 1.19 bits per heavy atom. The Labute approximate surface area is 123 Å². The highest BCUT2D eigenvalue weighted by Gasteiger charge is 2.09. The molecule has 1 aromatic carbocycles. The van der Waals surface area contributed by atoms with Crippen LogP contribution in [0.3, 0.4) is 0 Å². The summed E-state index contributed by atoms with van der Waals surface area (Å²) < 4.78 is 2.01. The molecule has 0 unspecified atom stereocenters. The molecular formula is C17H17N3O. The van der Waals surface area contributed by atoms with E-state index < -0.39 is 0 Å². The number of anilines is 1. The zero-order chi connectivity index (χ0) is 14.8. The first-order chi connectivity index (χ1) is 10.1. The summed E-state index contributed by atoms with van der Waals surface area (Å²) in [6, 6.07) is 13.9. The highest BCUT2D eigenvalue weighted by Crippen LogP contribution is 2.19. The lowest BCUT2D eigenvalue weighted by atomic mass is 10.2. The van der Waals surface area contributed by atoms with Gasteiger partial charge in [-0.2, -0.15) is 0 Å². The highest BCUT2D eigenvalue weighted by molar-refractivity contribution is 5.91. The second-order valence-electron chi connectivity index (χ2n) is 5.20. The molecule has 2 heterocycles. The average molecular weight is 279 g/mol. The van der Waals surface area contributed by atoms with E-state index in [0.29, 0.717) is 5.82 Å². The van der Waals surface area contributed by atoms with Crippen LogP contribution in [0, 0.1) is 13.8 Å². The van der Waals surface area contributed by atoms with Gasteiger partial charge in [-0.15, -0.1) is 0 Å². The van der Waals surface area contributed by atoms with Crippen molar-refractivity contribution in [2.24, 2.45) is 0 Å². The number of amides is 1. The molecule has 4 heteroatoms. The first-order valence-electron chi connectivity index (χ1n) is 6.91. The maximum Gasteiger partial charge on any atom is 0.245 e. The quantitative estimate of drug-likeness (QED) is 0.799. The summed E-state index contributed by atoms with van der Waals surface area (Å²) in [6.07, 6.45) is 1.74. The van der Waals surface area contributed by atoms with Crippen molar-refractivity contribution in [3.8, 4) is 0 Å². The van der Waals surface area contributed by atoms with Crippen LogP contribution in [0.2, 0.25) is 0 Å². The second-order valence-corrected chi connectivity index (χ2v) is 5.20. The minimum absolute atomic E-state index is 0.0733. The Morgan fingerprint density at radius 2 is 2.00 bits per heavy atom. The number of aromatic nitrogens is 2. The number of hydrogen-bond donors (Lipinski definition) is 1. The van der Waals surface area contributed by atoms with Gasteiger partial charge in [-0.05, 0) is 43.0 Å². The van der Waals surface area contributed by atoms with Gasteiger partial charge in [0.25, 0.3) is 0 Å². The molecule has 0 bridgehead atoms. The molecule has 1 N–H and O–H groups in total. The molecule has 4 nitrogen and oxygen atoms in total. The van der Waals surface area contributed by atoms with E-state index in [9.17, 15) is 4.79 Å². The van der Waals surface area contributed by atoms with E-state index in [0.717, 1.165) is 22.2 Å². The van der Waals surface area contributed by atoms with Gasteiger partial charge in [-0.3, -0.25) is 4.79 Å². The number of para-hydroxylation sites is 1. The molecule has 3 rings (SSSR count). The van der Waals surface area contributed by atoms with E-state index in [-0.39, 0.29) is 12.5 Å². The number of rotatable bonds is 3. The zero-order valence-electron chi connectivity index (χ0n) is 12.1. The lowest BCUT2D eigenvalue weighted by molar-refractivity contribution is -0.116. The summed E-state index contributed by atoms with van der Waals surface area (Å²) >= 11 is 0. The van der Waals surface area contributed by atoms with E-state index in [1.807, 2.05) is 48.7 Å². The number of aryl methyl sites for hydroxylation is 2. The van der Waals surface area contributed by atoms with E-state index >= 15 is 0 Å². The number of carbonyl (C=O) groups excluding carboxylic acids is 1. The Hall–Kier alpha value is -2.62. The number of hydrogen-bond acceptors (Lipinski definition) is 2. The molecule has 0 aliphatic carbocycles. The SMILES string of the molecule is Cc1ccc(NC(=O)Cn2c(C)cc3ccccc32)nc1. The van der Waals surface area contributed by atoms with E-state index in [1.54, 1.807) is 6.20 Å². The van der Waals surface area contributed by atoms with Crippen LogP contribution < -0.4 is 5.32 Å². The minimum Gasteiger partial charge on any atom is -0.335 e. The molecule has 0 radical (unpaired) electrons. The Morgan fingerprint density at radius 3 is 2.76 bits per heavy atom. The van der Waals surface area contributed by atoms with Gasteiger partial charge >= 0.3 is 0 Å². The molecule has 0 aliphatic rings. The monoisotopic (exact) mass is 279 g/mol. The van der Waals surface area contributed by atoms with Crippen LogP contribution in [0.5, 0.6) is 0 Å². The first kappa shape index (κ1) is 13.4. The number of carbonyl (C=O) groups is 1. The molecule has 0 fully saturated rings. The van der Waals surface area contributed by atoms with Crippen LogP contribution in [0.4, 0.5) is 5.82 Å². The fourth-order valence-electron chi connectivity index (χ4n) is 2.43. The van der Waals surface area contributed by atoms with Gasteiger partial charge < -0.3 is 9.88 Å². The smallest absolute Gasteiger partial charge is 0.245 e. The third-order valence-electron chi connectivity index (χ3n) is 3.50. The predicted octanol–water partition coefficient (Wildman–Crippen LogP) is 3.29. The van der Waals surface area contributed by atoms with Crippen molar-refractivity contribution in [3.05, 3.63) is 59.9 Å². The van der Waals surface area contributed by atoms with Crippen LogP contribution in [0.25, 0.3) is 10.9 Å². The van der Waals surface area contributed by atoms with Crippen molar-refractivity contribution in [1.29, 1.82) is 0 Å². The summed E-state index contributed by atoms with van der Waals surface area (Å²) in [6.45, 7) is 4.26. The fourth-order valence-corrected chi connectivity index (χ4v) is 2.43. The van der Waals surface area contributed by atoms with Gasteiger partial charge in [0.2, 0.25) is 5.91 Å². The third-order valence-corrected chi connectivity index (χ3v) is 3.50. The molecule has 0 saturated heterocycles. The highest BCUT2D eigenvalue weighted by atomic mass is 16.2. The van der Waals surface area contributed by atoms with E-state index in [2.05, 4.69) is 22.4 Å². The molecular weight excluding hydrogens is 262 g/mol. The molecule has 0 spiro atoms. The van der Waals surface area contributed by atoms with Crippen molar-refractivity contribution >= 4 is 22.6 Å². The third kappa shape index (κ3) is 2.79. The van der Waals surface area contributed by atoms with Crippen LogP contribution in [-0.2, 0) is 11.3 Å². The molecule has 1 amide bonds. The minimum atomic E-state index is -0.0733. The van der Waals surface area contributed by atoms with Crippen LogP contribution >= 0.6 is 0 Å². The summed E-state index contributed by atoms with van der Waals surface area (Å²) in [5, 5.41) is 3.98. The first-order valence-corrected chi connectivity index (χ1v) is 6.91. The summed E-state index contributed by atoms with van der Waals surface area (Å²) in [5.74, 6) is 0.510. The van der Waals surface area contributed by atoms with Gasteiger partial charge in [-0.25, -0.2) is 4.98 Å². The predicted molar refractivity (Wildman–Crippen MR) is 84.3 cm³/mol. The van der Waals surface area contributed by atoms with Gasteiger partial charge in [0.15, 0.2) is 0 Å². The van der Waals surface area contributed by atoms with Crippen LogP contribution in [0.1, 0.15) is 11.3 Å². The summed E-state index contributed by atoms with van der Waals surface area (Å²) in [4.78, 5) is 16.4. The maximum absolute atomic E-state index is 12.2. The summed E-state index contributed by atoms with van der Waals surface area (Å²) in [5.41, 5.74) is 3.21. The number of nitrogens with one attached hydrogen (secondary N) is 1. The molecule has 2 aromatic heterocycles. The fraction of sp³-hybridized carbons (Fsp3) is 0.176. The molecule has 21 heavy (non-hydrogen) atoms. The summed E-state index contributed by atoms with van der Waals surface area (Å²) in [7, 11) is 0. The lowest BCUT2D eigenvalue weighted by Crippen LogP contribution is -2.19. The number of benzene rings is 1. The topological polar surface area (TPSA) is 46.9 Å². The zero-order valence-corrected chi connectivity index (χ0v) is 12.1. The number of fused-ring (bicyclic) bond motifs is 1. The van der Waals surface area contributed by atoms with Gasteiger partial charge in [0, 0.05) is 17.4 Å². The Bertz CT molecular complexity index is 787. The molecule has 106 valence electrons. The molecule has 0 saturated carbocycles. The molecule has 0 aliphatic heterocycles. The van der Waals surface area contributed by atoms with Crippen molar-refractivity contribution in [1.82, 2.24) is 9.55 Å². The standard InChI is InChI=1S/C17H17N3O/c1-12-7-8-16(18-10-12)19-17(21)11-20-13(2)9-14-5-3-4-6-15(14)20/h3-10H,11H2,1-2H3,(H,18,19,21).